The summed E-state index contributed by atoms with van der Waals surface area (Å²) < 4.78 is 0. The molecule has 0 atom stereocenters. The molecule has 15 heavy (non-hydrogen) atoms. The van der Waals surface area contributed by atoms with E-state index in [-0.39, 0.29) is 5.91 Å². The Balaban J connectivity index is 2.10. The first-order valence-corrected chi connectivity index (χ1v) is 6.26. The Labute approximate surface area is 95.5 Å². The molecule has 0 heterocycles. The van der Waals surface area contributed by atoms with E-state index in [0.29, 0.717) is 6.42 Å². The molecule has 1 aromatic carbocycles. The number of carbonyl (C=O) groups is 1. The summed E-state index contributed by atoms with van der Waals surface area (Å²) in [5, 5.41) is 2.80. The second kappa shape index (κ2) is 7.35. The van der Waals surface area contributed by atoms with E-state index in [1.165, 1.54) is 4.90 Å². The molecule has 0 aliphatic carbocycles. The Hall–Kier alpha value is -0.960. The molecular formula is C12H17NOS. The molecule has 0 bridgehead atoms. The minimum absolute atomic E-state index is 0.158. The van der Waals surface area contributed by atoms with Crippen LogP contribution in [0.15, 0.2) is 35.2 Å². The van der Waals surface area contributed by atoms with Gasteiger partial charge in [-0.05, 0) is 31.2 Å². The Kier molecular flexibility index (Phi) is 5.93. The SMILES string of the molecule is CCNC(=O)CCCSc1ccccc1. The van der Waals surface area contributed by atoms with Gasteiger partial charge < -0.3 is 5.32 Å². The zero-order valence-corrected chi connectivity index (χ0v) is 9.85. The lowest BCUT2D eigenvalue weighted by Gasteiger charge is -2.02. The summed E-state index contributed by atoms with van der Waals surface area (Å²) >= 11 is 1.80. The summed E-state index contributed by atoms with van der Waals surface area (Å²) in [7, 11) is 0. The van der Waals surface area contributed by atoms with Gasteiger partial charge in [0.2, 0.25) is 5.91 Å². The number of carbonyl (C=O) groups excluding carboxylic acids is 1. The highest BCUT2D eigenvalue weighted by Crippen LogP contribution is 2.18. The largest absolute Gasteiger partial charge is 0.356 e. The van der Waals surface area contributed by atoms with Gasteiger partial charge >= 0.3 is 0 Å². The molecule has 82 valence electrons. The van der Waals surface area contributed by atoms with Gasteiger partial charge in [0.1, 0.15) is 0 Å². The number of rotatable bonds is 6. The number of thioether (sulfide) groups is 1. The van der Waals surface area contributed by atoms with Gasteiger partial charge in [0.25, 0.3) is 0 Å². The molecule has 1 rings (SSSR count). The molecule has 0 radical (unpaired) electrons. The molecule has 0 aliphatic rings. The van der Waals surface area contributed by atoms with E-state index in [1.807, 2.05) is 25.1 Å². The van der Waals surface area contributed by atoms with Crippen molar-refractivity contribution >= 4 is 17.7 Å². The zero-order valence-electron chi connectivity index (χ0n) is 9.03. The Morgan fingerprint density at radius 1 is 1.33 bits per heavy atom. The maximum absolute atomic E-state index is 11.1. The topological polar surface area (TPSA) is 29.1 Å². The van der Waals surface area contributed by atoms with Gasteiger partial charge in [0, 0.05) is 17.9 Å². The summed E-state index contributed by atoms with van der Waals surface area (Å²) in [5.41, 5.74) is 0. The van der Waals surface area contributed by atoms with Crippen molar-refractivity contribution in [3.8, 4) is 0 Å². The molecule has 0 fully saturated rings. The predicted molar refractivity (Wildman–Crippen MR) is 65.1 cm³/mol. The highest BCUT2D eigenvalue weighted by molar-refractivity contribution is 7.99. The van der Waals surface area contributed by atoms with Crippen molar-refractivity contribution in [3.05, 3.63) is 30.3 Å². The van der Waals surface area contributed by atoms with Gasteiger partial charge in [-0.25, -0.2) is 0 Å². The summed E-state index contributed by atoms with van der Waals surface area (Å²) in [5.74, 6) is 1.16. The molecule has 1 N–H and O–H groups in total. The van der Waals surface area contributed by atoms with Crippen LogP contribution in [0.3, 0.4) is 0 Å². The van der Waals surface area contributed by atoms with Crippen LogP contribution in [0.4, 0.5) is 0 Å². The van der Waals surface area contributed by atoms with Crippen LogP contribution < -0.4 is 5.32 Å². The summed E-state index contributed by atoms with van der Waals surface area (Å²) in [6, 6.07) is 10.3. The number of nitrogens with one attached hydrogen (secondary N) is 1. The predicted octanol–water partition coefficient (Wildman–Crippen LogP) is 2.70. The number of benzene rings is 1. The molecule has 0 saturated heterocycles. The molecule has 0 unspecified atom stereocenters. The molecule has 2 nitrogen and oxygen atoms in total. The first-order valence-electron chi connectivity index (χ1n) is 5.27. The van der Waals surface area contributed by atoms with Crippen LogP contribution in [-0.4, -0.2) is 18.2 Å². The highest BCUT2D eigenvalue weighted by Gasteiger charge is 1.99. The lowest BCUT2D eigenvalue weighted by atomic mass is 10.3. The molecule has 0 aliphatic heterocycles. The zero-order chi connectivity index (χ0) is 10.9. The standard InChI is InChI=1S/C12H17NOS/c1-2-13-12(14)9-6-10-15-11-7-4-3-5-8-11/h3-5,7-8H,2,6,9-10H2,1H3,(H,13,14). The van der Waals surface area contributed by atoms with Gasteiger partial charge in [0.15, 0.2) is 0 Å². The Morgan fingerprint density at radius 3 is 2.73 bits per heavy atom. The Bertz CT molecular complexity index is 287. The van der Waals surface area contributed by atoms with E-state index in [4.69, 9.17) is 0 Å². The van der Waals surface area contributed by atoms with E-state index in [9.17, 15) is 4.79 Å². The Morgan fingerprint density at radius 2 is 2.07 bits per heavy atom. The quantitative estimate of drug-likeness (QED) is 0.593. The minimum Gasteiger partial charge on any atom is -0.356 e. The van der Waals surface area contributed by atoms with Crippen molar-refractivity contribution in [2.45, 2.75) is 24.7 Å². The summed E-state index contributed by atoms with van der Waals surface area (Å²) in [6.07, 6.45) is 1.57. The summed E-state index contributed by atoms with van der Waals surface area (Å²) in [6.45, 7) is 2.67. The highest BCUT2D eigenvalue weighted by atomic mass is 32.2. The minimum atomic E-state index is 0.158. The van der Waals surface area contributed by atoms with Gasteiger partial charge in [-0.15, -0.1) is 11.8 Å². The van der Waals surface area contributed by atoms with E-state index in [2.05, 4.69) is 17.4 Å². The van der Waals surface area contributed by atoms with Crippen LogP contribution in [0.1, 0.15) is 19.8 Å². The second-order valence-corrected chi connectivity index (χ2v) is 4.39. The molecule has 3 heteroatoms. The number of hydrogen-bond donors (Lipinski definition) is 1. The first-order chi connectivity index (χ1) is 7.33. The molecule has 0 saturated carbocycles. The third-order valence-corrected chi connectivity index (χ3v) is 3.03. The number of hydrogen-bond acceptors (Lipinski definition) is 2. The lowest BCUT2D eigenvalue weighted by molar-refractivity contribution is -0.120. The summed E-state index contributed by atoms with van der Waals surface area (Å²) in [4.78, 5) is 12.4. The van der Waals surface area contributed by atoms with E-state index in [1.54, 1.807) is 11.8 Å². The van der Waals surface area contributed by atoms with Crippen LogP contribution in [0.5, 0.6) is 0 Å². The monoisotopic (exact) mass is 223 g/mol. The third-order valence-electron chi connectivity index (χ3n) is 1.93. The average Bonchev–Trinajstić information content (AvgIpc) is 2.26. The van der Waals surface area contributed by atoms with Crippen LogP contribution in [0.2, 0.25) is 0 Å². The van der Waals surface area contributed by atoms with Crippen molar-refractivity contribution in [2.75, 3.05) is 12.3 Å². The normalized spacial score (nSPS) is 9.93. The third kappa shape index (κ3) is 5.47. The van der Waals surface area contributed by atoms with E-state index in [0.717, 1.165) is 18.7 Å². The molecule has 1 aromatic rings. The smallest absolute Gasteiger partial charge is 0.220 e. The van der Waals surface area contributed by atoms with Crippen molar-refractivity contribution in [1.82, 2.24) is 5.32 Å². The van der Waals surface area contributed by atoms with Gasteiger partial charge in [-0.2, -0.15) is 0 Å². The van der Waals surface area contributed by atoms with Crippen LogP contribution in [0, 0.1) is 0 Å². The maximum atomic E-state index is 11.1. The van der Waals surface area contributed by atoms with Crippen molar-refractivity contribution in [2.24, 2.45) is 0 Å². The average molecular weight is 223 g/mol. The van der Waals surface area contributed by atoms with Crippen molar-refractivity contribution in [1.29, 1.82) is 0 Å². The molecular weight excluding hydrogens is 206 g/mol. The van der Waals surface area contributed by atoms with Crippen LogP contribution >= 0.6 is 11.8 Å². The maximum Gasteiger partial charge on any atom is 0.220 e. The fourth-order valence-corrected chi connectivity index (χ4v) is 2.10. The lowest BCUT2D eigenvalue weighted by Crippen LogP contribution is -2.22. The molecule has 0 aromatic heterocycles. The fourth-order valence-electron chi connectivity index (χ4n) is 1.23. The van der Waals surface area contributed by atoms with Crippen LogP contribution in [-0.2, 0) is 4.79 Å². The van der Waals surface area contributed by atoms with E-state index >= 15 is 0 Å². The van der Waals surface area contributed by atoms with Gasteiger partial charge in [-0.3, -0.25) is 4.79 Å². The number of amides is 1. The van der Waals surface area contributed by atoms with Crippen molar-refractivity contribution in [3.63, 3.8) is 0 Å². The molecule has 0 spiro atoms. The fraction of sp³-hybridized carbons (Fsp3) is 0.417. The van der Waals surface area contributed by atoms with Crippen molar-refractivity contribution < 1.29 is 4.79 Å². The van der Waals surface area contributed by atoms with Gasteiger partial charge in [0.05, 0.1) is 0 Å². The van der Waals surface area contributed by atoms with Crippen LogP contribution in [0.25, 0.3) is 0 Å². The second-order valence-electron chi connectivity index (χ2n) is 3.22. The first kappa shape index (κ1) is 12.1. The molecule has 1 amide bonds. The van der Waals surface area contributed by atoms with E-state index < -0.39 is 0 Å². The van der Waals surface area contributed by atoms with Gasteiger partial charge in [-0.1, -0.05) is 18.2 Å².